The van der Waals surface area contributed by atoms with E-state index in [2.05, 4.69) is 5.32 Å². The Morgan fingerprint density at radius 1 is 1.42 bits per heavy atom. The van der Waals surface area contributed by atoms with Gasteiger partial charge in [-0.15, -0.1) is 0 Å². The summed E-state index contributed by atoms with van der Waals surface area (Å²) in [5, 5.41) is 2.98. The molecule has 1 saturated heterocycles. The normalized spacial score (nSPS) is 16.1. The van der Waals surface area contributed by atoms with Gasteiger partial charge in [-0.05, 0) is 54.9 Å². The Balaban J connectivity index is 1.95. The van der Waals surface area contributed by atoms with Gasteiger partial charge < -0.3 is 10.1 Å². The standard InChI is InChI=1S/C15H21NO2S/c1-11-3-4-14(18-2)13(9-11)16-15(17)10-12-5-7-19-8-6-12/h3-4,9,12H,5-8,10H2,1-2H3,(H,16,17). The van der Waals surface area contributed by atoms with Crippen molar-refractivity contribution in [2.45, 2.75) is 26.2 Å². The number of hydrogen-bond acceptors (Lipinski definition) is 3. The molecule has 1 N–H and O–H groups in total. The minimum atomic E-state index is 0.0980. The van der Waals surface area contributed by atoms with Crippen LogP contribution in [0.2, 0.25) is 0 Å². The fourth-order valence-corrected chi connectivity index (χ4v) is 3.54. The van der Waals surface area contributed by atoms with Crippen molar-refractivity contribution < 1.29 is 9.53 Å². The predicted molar refractivity (Wildman–Crippen MR) is 81.0 cm³/mol. The highest BCUT2D eigenvalue weighted by atomic mass is 32.2. The van der Waals surface area contributed by atoms with Gasteiger partial charge in [0.1, 0.15) is 5.75 Å². The maximum absolute atomic E-state index is 12.1. The van der Waals surface area contributed by atoms with Crippen LogP contribution < -0.4 is 10.1 Å². The van der Waals surface area contributed by atoms with E-state index in [1.807, 2.05) is 36.9 Å². The molecule has 0 aliphatic carbocycles. The number of aryl methyl sites for hydroxylation is 1. The molecule has 0 bridgehead atoms. The zero-order chi connectivity index (χ0) is 13.7. The van der Waals surface area contributed by atoms with Crippen LogP contribution in [0.15, 0.2) is 18.2 Å². The molecule has 1 aromatic rings. The minimum Gasteiger partial charge on any atom is -0.495 e. The molecule has 0 aromatic heterocycles. The van der Waals surface area contributed by atoms with E-state index < -0.39 is 0 Å². The molecule has 1 heterocycles. The number of rotatable bonds is 4. The van der Waals surface area contributed by atoms with Crippen molar-refractivity contribution >= 4 is 23.4 Å². The summed E-state index contributed by atoms with van der Waals surface area (Å²) < 4.78 is 5.27. The summed E-state index contributed by atoms with van der Waals surface area (Å²) in [7, 11) is 1.62. The highest BCUT2D eigenvalue weighted by Crippen LogP contribution is 2.28. The number of carbonyl (C=O) groups excluding carboxylic acids is 1. The lowest BCUT2D eigenvalue weighted by atomic mass is 9.98. The molecule has 3 nitrogen and oxygen atoms in total. The van der Waals surface area contributed by atoms with Crippen molar-refractivity contribution in [1.82, 2.24) is 0 Å². The third-order valence-electron chi connectivity index (χ3n) is 3.44. The number of carbonyl (C=O) groups is 1. The van der Waals surface area contributed by atoms with Crippen LogP contribution in [-0.4, -0.2) is 24.5 Å². The monoisotopic (exact) mass is 279 g/mol. The average Bonchev–Trinajstić information content (AvgIpc) is 2.40. The van der Waals surface area contributed by atoms with Crippen molar-refractivity contribution in [3.63, 3.8) is 0 Å². The van der Waals surface area contributed by atoms with Gasteiger partial charge >= 0.3 is 0 Å². The first-order valence-corrected chi connectivity index (χ1v) is 7.86. The molecule has 4 heteroatoms. The predicted octanol–water partition coefficient (Wildman–Crippen LogP) is 3.48. The van der Waals surface area contributed by atoms with Crippen LogP contribution >= 0.6 is 11.8 Å². The highest BCUT2D eigenvalue weighted by Gasteiger charge is 2.18. The number of thioether (sulfide) groups is 1. The van der Waals surface area contributed by atoms with E-state index in [1.54, 1.807) is 7.11 Å². The lowest BCUT2D eigenvalue weighted by Crippen LogP contribution is -2.19. The molecule has 0 unspecified atom stereocenters. The number of ether oxygens (including phenoxy) is 1. The average molecular weight is 279 g/mol. The van der Waals surface area contributed by atoms with Crippen LogP contribution in [0.3, 0.4) is 0 Å². The maximum Gasteiger partial charge on any atom is 0.224 e. The molecule has 0 spiro atoms. The summed E-state index contributed by atoms with van der Waals surface area (Å²) >= 11 is 1.99. The van der Waals surface area contributed by atoms with E-state index in [1.165, 1.54) is 11.5 Å². The molecule has 1 fully saturated rings. The lowest BCUT2D eigenvalue weighted by Gasteiger charge is -2.21. The zero-order valence-corrected chi connectivity index (χ0v) is 12.4. The number of nitrogens with one attached hydrogen (secondary N) is 1. The largest absolute Gasteiger partial charge is 0.495 e. The summed E-state index contributed by atoms with van der Waals surface area (Å²) in [6.45, 7) is 2.01. The molecular formula is C15H21NO2S. The van der Waals surface area contributed by atoms with Gasteiger partial charge in [-0.1, -0.05) is 6.07 Å². The third kappa shape index (κ3) is 4.16. The van der Waals surface area contributed by atoms with Gasteiger partial charge in [0.05, 0.1) is 12.8 Å². The molecule has 2 rings (SSSR count). The Morgan fingerprint density at radius 3 is 2.84 bits per heavy atom. The number of anilines is 1. The molecule has 0 radical (unpaired) electrons. The van der Waals surface area contributed by atoms with Gasteiger partial charge in [0.2, 0.25) is 5.91 Å². The fraction of sp³-hybridized carbons (Fsp3) is 0.533. The van der Waals surface area contributed by atoms with E-state index in [9.17, 15) is 4.79 Å². The highest BCUT2D eigenvalue weighted by molar-refractivity contribution is 7.99. The summed E-state index contributed by atoms with van der Waals surface area (Å²) in [4.78, 5) is 12.1. The van der Waals surface area contributed by atoms with E-state index in [4.69, 9.17) is 4.74 Å². The topological polar surface area (TPSA) is 38.3 Å². The summed E-state index contributed by atoms with van der Waals surface area (Å²) in [5.41, 5.74) is 1.89. The fourth-order valence-electron chi connectivity index (χ4n) is 2.33. The van der Waals surface area contributed by atoms with E-state index in [0.29, 0.717) is 12.3 Å². The Hall–Kier alpha value is -1.16. The number of amides is 1. The van der Waals surface area contributed by atoms with Crippen molar-refractivity contribution in [1.29, 1.82) is 0 Å². The van der Waals surface area contributed by atoms with Crippen LogP contribution in [0.1, 0.15) is 24.8 Å². The van der Waals surface area contributed by atoms with Gasteiger partial charge in [0.15, 0.2) is 0 Å². The summed E-state index contributed by atoms with van der Waals surface area (Å²) in [5.74, 6) is 3.73. The molecule has 1 amide bonds. The van der Waals surface area contributed by atoms with Gasteiger partial charge in [0, 0.05) is 6.42 Å². The molecule has 0 saturated carbocycles. The first-order chi connectivity index (χ1) is 9.19. The van der Waals surface area contributed by atoms with Crippen LogP contribution in [-0.2, 0) is 4.79 Å². The SMILES string of the molecule is COc1ccc(C)cc1NC(=O)CC1CCSCC1. The Kier molecular flexibility index (Phi) is 5.14. The van der Waals surface area contributed by atoms with Gasteiger partial charge in [0.25, 0.3) is 0 Å². The maximum atomic E-state index is 12.1. The lowest BCUT2D eigenvalue weighted by molar-refractivity contribution is -0.117. The van der Waals surface area contributed by atoms with Crippen LogP contribution in [0, 0.1) is 12.8 Å². The summed E-state index contributed by atoms with van der Waals surface area (Å²) in [6, 6.07) is 5.82. The van der Waals surface area contributed by atoms with E-state index in [0.717, 1.165) is 29.8 Å². The molecule has 104 valence electrons. The number of methoxy groups -OCH3 is 1. The van der Waals surface area contributed by atoms with Crippen LogP contribution in [0.5, 0.6) is 5.75 Å². The molecule has 0 atom stereocenters. The quantitative estimate of drug-likeness (QED) is 0.917. The second-order valence-electron chi connectivity index (χ2n) is 5.01. The van der Waals surface area contributed by atoms with Crippen molar-refractivity contribution in [3.8, 4) is 5.75 Å². The smallest absolute Gasteiger partial charge is 0.224 e. The first kappa shape index (κ1) is 14.3. The Bertz CT molecular complexity index is 442. The summed E-state index contributed by atoms with van der Waals surface area (Å²) in [6.07, 6.45) is 2.93. The Morgan fingerprint density at radius 2 is 2.16 bits per heavy atom. The van der Waals surface area contributed by atoms with Crippen molar-refractivity contribution in [2.75, 3.05) is 23.9 Å². The molecular weight excluding hydrogens is 258 g/mol. The molecule has 1 aliphatic rings. The second kappa shape index (κ2) is 6.85. The molecule has 19 heavy (non-hydrogen) atoms. The third-order valence-corrected chi connectivity index (χ3v) is 4.49. The zero-order valence-electron chi connectivity index (χ0n) is 11.6. The minimum absolute atomic E-state index is 0.0980. The molecule has 1 aliphatic heterocycles. The second-order valence-corrected chi connectivity index (χ2v) is 6.24. The van der Waals surface area contributed by atoms with Gasteiger partial charge in [-0.3, -0.25) is 4.79 Å². The van der Waals surface area contributed by atoms with Crippen LogP contribution in [0.25, 0.3) is 0 Å². The Labute approximate surface area is 119 Å². The van der Waals surface area contributed by atoms with E-state index in [-0.39, 0.29) is 5.91 Å². The van der Waals surface area contributed by atoms with Crippen LogP contribution in [0.4, 0.5) is 5.69 Å². The molecule has 1 aromatic carbocycles. The first-order valence-electron chi connectivity index (χ1n) is 6.71. The van der Waals surface area contributed by atoms with Gasteiger partial charge in [-0.2, -0.15) is 11.8 Å². The van der Waals surface area contributed by atoms with Crippen molar-refractivity contribution in [2.24, 2.45) is 5.92 Å². The number of benzene rings is 1. The van der Waals surface area contributed by atoms with Gasteiger partial charge in [-0.25, -0.2) is 0 Å². The van der Waals surface area contributed by atoms with E-state index >= 15 is 0 Å². The van der Waals surface area contributed by atoms with Crippen molar-refractivity contribution in [3.05, 3.63) is 23.8 Å². The number of hydrogen-bond donors (Lipinski definition) is 1.